The Morgan fingerprint density at radius 2 is 1.69 bits per heavy atom. The van der Waals surface area contributed by atoms with Crippen LogP contribution in [0.15, 0.2) is 71.9 Å². The van der Waals surface area contributed by atoms with E-state index in [1.165, 1.54) is 36.4 Å². The summed E-state index contributed by atoms with van der Waals surface area (Å²) in [6.45, 7) is 2.72. The Hall–Kier alpha value is -5.19. The predicted molar refractivity (Wildman–Crippen MR) is 184 cm³/mol. The van der Waals surface area contributed by atoms with Crippen LogP contribution in [-0.2, 0) is 26.1 Å². The number of carbonyl (C=O) groups is 3. The Morgan fingerprint density at radius 3 is 2.31 bits per heavy atom. The number of nitrogens with zero attached hydrogens (tertiary/aromatic N) is 6. The molecule has 3 heterocycles. The third kappa shape index (κ3) is 8.46. The number of benzene rings is 2. The second kappa shape index (κ2) is 15.6. The summed E-state index contributed by atoms with van der Waals surface area (Å²) in [6, 6.07) is 13.1. The lowest BCUT2D eigenvalue weighted by Crippen LogP contribution is -2.46. The molecular weight excluding hydrogens is 705 g/mol. The van der Waals surface area contributed by atoms with Gasteiger partial charge in [-0.05, 0) is 55.7 Å². The van der Waals surface area contributed by atoms with Crippen molar-refractivity contribution >= 4 is 44.9 Å². The summed E-state index contributed by atoms with van der Waals surface area (Å²) in [5, 5.41) is 0. The zero-order valence-corrected chi connectivity index (χ0v) is 29.9. The van der Waals surface area contributed by atoms with E-state index in [1.807, 2.05) is 13.8 Å². The Labute approximate surface area is 299 Å². The molecule has 0 saturated carbocycles. The van der Waals surface area contributed by atoms with E-state index in [0.29, 0.717) is 22.6 Å². The molecule has 0 aliphatic carbocycles. The Kier molecular flexibility index (Phi) is 11.4. The second-order valence-electron chi connectivity index (χ2n) is 12.4. The van der Waals surface area contributed by atoms with Crippen molar-refractivity contribution in [3.05, 3.63) is 78.1 Å². The van der Waals surface area contributed by atoms with Crippen molar-refractivity contribution < 1.29 is 45.4 Å². The highest BCUT2D eigenvalue weighted by atomic mass is 32.2. The first-order valence-electron chi connectivity index (χ1n) is 16.5. The third-order valence-electron chi connectivity index (χ3n) is 8.82. The first kappa shape index (κ1) is 38.1. The van der Waals surface area contributed by atoms with Crippen LogP contribution < -0.4 is 9.64 Å². The van der Waals surface area contributed by atoms with Crippen LogP contribution in [0.3, 0.4) is 0 Å². The summed E-state index contributed by atoms with van der Waals surface area (Å²) in [5.41, 5.74) is 1.46. The van der Waals surface area contributed by atoms with E-state index in [-0.39, 0.29) is 48.1 Å². The molecule has 17 heteroatoms. The molecule has 5 rings (SSSR count). The van der Waals surface area contributed by atoms with Gasteiger partial charge in [0.1, 0.15) is 17.8 Å². The minimum Gasteiger partial charge on any atom is -0.497 e. The van der Waals surface area contributed by atoms with Crippen molar-refractivity contribution in [1.29, 1.82) is 0 Å². The van der Waals surface area contributed by atoms with Crippen molar-refractivity contribution in [2.24, 2.45) is 11.8 Å². The number of amides is 3. The van der Waals surface area contributed by atoms with Gasteiger partial charge < -0.3 is 19.3 Å². The molecule has 4 aromatic rings. The fraction of sp³-hybridized carbons (Fsp3) is 0.400. The first-order valence-corrected chi connectivity index (χ1v) is 18.0. The van der Waals surface area contributed by atoms with Gasteiger partial charge in [0.2, 0.25) is 0 Å². The molecule has 3 amide bonds. The topological polar surface area (TPSA) is 144 Å². The van der Waals surface area contributed by atoms with E-state index in [0.717, 1.165) is 20.6 Å². The monoisotopic (exact) mass is 744 g/mol. The Bertz CT molecular complexity index is 2020. The van der Waals surface area contributed by atoms with Crippen LogP contribution in [-0.4, -0.2) is 96.1 Å². The number of aromatic nitrogens is 3. The fourth-order valence-corrected chi connectivity index (χ4v) is 7.40. The number of carbonyl (C=O) groups excluding carboxylic acids is 3. The third-order valence-corrected chi connectivity index (χ3v) is 10.5. The molecule has 2 aromatic heterocycles. The van der Waals surface area contributed by atoms with Gasteiger partial charge in [-0.1, -0.05) is 43.2 Å². The summed E-state index contributed by atoms with van der Waals surface area (Å²) in [7, 11) is -2.57. The van der Waals surface area contributed by atoms with Crippen molar-refractivity contribution in [3.63, 3.8) is 0 Å². The molecular formula is C35H39F3N6O7S. The molecule has 52 heavy (non-hydrogen) atoms. The minimum atomic E-state index is -4.67. The number of methoxy groups -OCH3 is 1. The molecule has 0 unspecified atom stereocenters. The van der Waals surface area contributed by atoms with Crippen LogP contribution >= 0.6 is 0 Å². The zero-order valence-electron chi connectivity index (χ0n) is 29.0. The van der Waals surface area contributed by atoms with Gasteiger partial charge >= 0.3 is 18.3 Å². The van der Waals surface area contributed by atoms with E-state index < -0.39 is 59.0 Å². The molecule has 0 bridgehead atoms. The standard InChI is InChI=1S/C35H39F3N6O7S/c1-5-25-19-41(33(46)42(22-35(36,37)38)18-24-9-11-26(50-4)12-10-24)20-28(25)30(45)21-43(34(47)51-6-2)31-17-39-32-29(40-31)15-16-44(32)52(48,49)27-13-7-23(3)8-14-27/h7-17,25,28H,5-6,18-22H2,1-4H3/t25-,28+/m1/s1. The van der Waals surface area contributed by atoms with E-state index in [9.17, 15) is 36.0 Å². The number of fused-ring (bicyclic) bond motifs is 1. The smallest absolute Gasteiger partial charge is 0.415 e. The maximum atomic E-state index is 13.9. The van der Waals surface area contributed by atoms with Crippen molar-refractivity contribution in [3.8, 4) is 5.75 Å². The number of ketones is 1. The van der Waals surface area contributed by atoms with E-state index >= 15 is 0 Å². The van der Waals surface area contributed by atoms with Crippen LogP contribution in [0.1, 0.15) is 31.4 Å². The van der Waals surface area contributed by atoms with Gasteiger partial charge in [0, 0.05) is 31.7 Å². The Balaban J connectivity index is 1.37. The zero-order chi connectivity index (χ0) is 37.8. The van der Waals surface area contributed by atoms with Gasteiger partial charge in [0.15, 0.2) is 17.2 Å². The number of rotatable bonds is 12. The largest absolute Gasteiger partial charge is 0.497 e. The number of urea groups is 1. The van der Waals surface area contributed by atoms with Crippen LogP contribution in [0.2, 0.25) is 0 Å². The van der Waals surface area contributed by atoms with E-state index in [1.54, 1.807) is 43.3 Å². The maximum absolute atomic E-state index is 13.9. The highest BCUT2D eigenvalue weighted by molar-refractivity contribution is 7.90. The number of alkyl halides is 3. The summed E-state index contributed by atoms with van der Waals surface area (Å²) in [5.74, 6) is -1.24. The number of anilines is 1. The van der Waals surface area contributed by atoms with Gasteiger partial charge in [0.25, 0.3) is 10.0 Å². The number of ether oxygens (including phenoxy) is 2. The number of likely N-dealkylation sites (tertiary alicyclic amines) is 1. The highest BCUT2D eigenvalue weighted by Gasteiger charge is 2.42. The fourth-order valence-electron chi connectivity index (χ4n) is 6.10. The highest BCUT2D eigenvalue weighted by Crippen LogP contribution is 2.31. The van der Waals surface area contributed by atoms with E-state index in [4.69, 9.17) is 9.47 Å². The molecule has 1 fully saturated rings. The molecule has 0 spiro atoms. The molecule has 1 aliphatic rings. The van der Waals surface area contributed by atoms with Crippen LogP contribution in [0.5, 0.6) is 5.75 Å². The number of Topliss-reactive ketones (excluding diaryl/α,β-unsaturated/α-hetero) is 1. The van der Waals surface area contributed by atoms with Crippen LogP contribution in [0.25, 0.3) is 11.2 Å². The number of halogens is 3. The summed E-state index contributed by atoms with van der Waals surface area (Å²) in [6.07, 6.45) is -2.70. The molecule has 13 nitrogen and oxygen atoms in total. The lowest BCUT2D eigenvalue weighted by atomic mass is 9.90. The quantitative estimate of drug-likeness (QED) is 0.180. The Morgan fingerprint density at radius 1 is 1.00 bits per heavy atom. The normalized spacial score (nSPS) is 16.2. The van der Waals surface area contributed by atoms with Crippen molar-refractivity contribution in [2.45, 2.75) is 44.8 Å². The van der Waals surface area contributed by atoms with Gasteiger partial charge in [-0.3, -0.25) is 9.69 Å². The average Bonchev–Trinajstić information content (AvgIpc) is 3.75. The lowest BCUT2D eigenvalue weighted by molar-refractivity contribution is -0.142. The molecule has 2 aromatic carbocycles. The summed E-state index contributed by atoms with van der Waals surface area (Å²) < 4.78 is 78.9. The van der Waals surface area contributed by atoms with Gasteiger partial charge in [-0.15, -0.1) is 0 Å². The number of aryl methyl sites for hydroxylation is 1. The molecule has 1 aliphatic heterocycles. The molecule has 1 saturated heterocycles. The SMILES string of the molecule is CCOC(=O)N(CC(=O)[C@H]1CN(C(=O)N(Cc2ccc(OC)cc2)CC(F)(F)F)C[C@H]1CC)c1cnc2c(ccn2S(=O)(=O)c2ccc(C)cc2)n1. The van der Waals surface area contributed by atoms with Crippen LogP contribution in [0, 0.1) is 18.8 Å². The van der Waals surface area contributed by atoms with Crippen LogP contribution in [0.4, 0.5) is 28.6 Å². The number of hydrogen-bond acceptors (Lipinski definition) is 9. The van der Waals surface area contributed by atoms with Crippen molar-refractivity contribution in [2.75, 3.05) is 44.8 Å². The summed E-state index contributed by atoms with van der Waals surface area (Å²) in [4.78, 5) is 52.3. The van der Waals surface area contributed by atoms with E-state index in [2.05, 4.69) is 9.97 Å². The molecule has 2 atom stereocenters. The van der Waals surface area contributed by atoms with Gasteiger partial charge in [-0.25, -0.2) is 31.9 Å². The lowest BCUT2D eigenvalue weighted by Gasteiger charge is -2.29. The predicted octanol–water partition coefficient (Wildman–Crippen LogP) is 5.66. The molecule has 278 valence electrons. The maximum Gasteiger partial charge on any atom is 0.415 e. The minimum absolute atomic E-state index is 0.00601. The van der Waals surface area contributed by atoms with Crippen molar-refractivity contribution in [1.82, 2.24) is 23.7 Å². The molecule has 0 radical (unpaired) electrons. The first-order chi connectivity index (χ1) is 24.6. The van der Waals surface area contributed by atoms with Gasteiger partial charge in [0.05, 0.1) is 31.4 Å². The molecule has 0 N–H and O–H groups in total. The summed E-state index contributed by atoms with van der Waals surface area (Å²) >= 11 is 0. The number of hydrogen-bond donors (Lipinski definition) is 0. The second-order valence-corrected chi connectivity index (χ2v) is 14.2. The van der Waals surface area contributed by atoms with Gasteiger partial charge in [-0.2, -0.15) is 13.2 Å². The average molecular weight is 745 g/mol.